The highest BCUT2D eigenvalue weighted by Crippen LogP contribution is 2.33. The first kappa shape index (κ1) is 18.2. The second-order valence-corrected chi connectivity index (χ2v) is 7.38. The van der Waals surface area contributed by atoms with E-state index in [2.05, 4.69) is 0 Å². The molecule has 1 aromatic heterocycles. The van der Waals surface area contributed by atoms with Crippen LogP contribution in [0.4, 0.5) is 0 Å². The molecule has 0 saturated heterocycles. The predicted molar refractivity (Wildman–Crippen MR) is 102 cm³/mol. The monoisotopic (exact) mass is 371 g/mol. The van der Waals surface area contributed by atoms with E-state index in [0.29, 0.717) is 17.1 Å². The maximum atomic E-state index is 13.1. The zero-order chi connectivity index (χ0) is 18.7. The molecule has 0 bridgehead atoms. The number of carbonyl (C=O) groups is 1. The summed E-state index contributed by atoms with van der Waals surface area (Å²) < 4.78 is 25.4. The topological polar surface area (TPSA) is 57.5 Å². The number of hydrogen-bond donors (Lipinski definition) is 0. The Morgan fingerprint density at radius 2 is 1.73 bits per heavy atom. The molecule has 26 heavy (non-hydrogen) atoms. The van der Waals surface area contributed by atoms with E-state index >= 15 is 0 Å². The summed E-state index contributed by atoms with van der Waals surface area (Å²) in [5, 5.41) is 0.945. The first-order valence-electron chi connectivity index (χ1n) is 8.28. The van der Waals surface area contributed by atoms with E-state index in [1.54, 1.807) is 42.5 Å². The largest absolute Gasteiger partial charge is 0.497 e. The van der Waals surface area contributed by atoms with Gasteiger partial charge in [0.05, 0.1) is 24.6 Å². The summed E-state index contributed by atoms with van der Waals surface area (Å²) >= 11 is 0. The van der Waals surface area contributed by atoms with Gasteiger partial charge in [-0.05, 0) is 53.9 Å². The number of aldehydes is 1. The maximum absolute atomic E-state index is 13.1. The lowest BCUT2D eigenvalue weighted by atomic mass is 9.98. The van der Waals surface area contributed by atoms with E-state index in [-0.39, 0.29) is 5.92 Å². The number of benzene rings is 2. The molecule has 1 heterocycles. The summed E-state index contributed by atoms with van der Waals surface area (Å²) in [6.07, 6.45) is 3.19. The third-order valence-electron chi connectivity index (χ3n) is 4.43. The van der Waals surface area contributed by atoms with Crippen molar-refractivity contribution in [1.29, 1.82) is 0 Å². The minimum atomic E-state index is -1.41. The fraction of sp³-hybridized carbons (Fsp3) is 0.250. The van der Waals surface area contributed by atoms with Crippen molar-refractivity contribution in [3.63, 3.8) is 0 Å². The van der Waals surface area contributed by atoms with Crippen LogP contribution in [0.3, 0.4) is 0 Å². The van der Waals surface area contributed by atoms with Gasteiger partial charge in [-0.3, -0.25) is 3.97 Å². The van der Waals surface area contributed by atoms with Crippen molar-refractivity contribution in [1.82, 2.24) is 3.97 Å². The van der Waals surface area contributed by atoms with Gasteiger partial charge in [0.15, 0.2) is 11.0 Å². The molecule has 136 valence electrons. The average molecular weight is 371 g/mol. The van der Waals surface area contributed by atoms with Crippen LogP contribution in [0.1, 0.15) is 24.8 Å². The van der Waals surface area contributed by atoms with Crippen LogP contribution < -0.4 is 9.47 Å². The number of fused-ring (bicyclic) bond motifs is 1. The summed E-state index contributed by atoms with van der Waals surface area (Å²) in [7, 11) is 1.80. The molecule has 0 spiro atoms. The lowest BCUT2D eigenvalue weighted by Gasteiger charge is -2.07. The van der Waals surface area contributed by atoms with Gasteiger partial charge in [0.1, 0.15) is 17.8 Å². The molecule has 0 fully saturated rings. The molecule has 0 aliphatic heterocycles. The smallest absolute Gasteiger partial charge is 0.157 e. The van der Waals surface area contributed by atoms with Crippen LogP contribution in [0, 0.1) is 0 Å². The van der Waals surface area contributed by atoms with Crippen molar-refractivity contribution in [3.05, 3.63) is 54.2 Å². The van der Waals surface area contributed by atoms with E-state index in [1.807, 2.05) is 31.3 Å². The zero-order valence-corrected chi connectivity index (χ0v) is 15.8. The highest BCUT2D eigenvalue weighted by Gasteiger charge is 2.18. The summed E-state index contributed by atoms with van der Waals surface area (Å²) in [4.78, 5) is 11.6. The second kappa shape index (κ2) is 7.74. The van der Waals surface area contributed by atoms with Crippen molar-refractivity contribution in [2.24, 2.45) is 0 Å². The SMILES string of the molecule is COc1ccc(S(=O)n2cc(C(C)CC=O)c3cc(OC)ccc32)cc1. The molecule has 0 aliphatic carbocycles. The minimum Gasteiger partial charge on any atom is -0.497 e. The Hall–Kier alpha value is -2.60. The average Bonchev–Trinajstić information content (AvgIpc) is 3.06. The summed E-state index contributed by atoms with van der Waals surface area (Å²) in [6.45, 7) is 1.99. The summed E-state index contributed by atoms with van der Waals surface area (Å²) in [5.41, 5.74) is 1.82. The van der Waals surface area contributed by atoms with Gasteiger partial charge in [-0.1, -0.05) is 6.92 Å². The van der Waals surface area contributed by atoms with Gasteiger partial charge in [-0.25, -0.2) is 4.21 Å². The molecule has 2 aromatic carbocycles. The van der Waals surface area contributed by atoms with Gasteiger partial charge >= 0.3 is 0 Å². The van der Waals surface area contributed by atoms with Crippen LogP contribution in [-0.2, 0) is 15.8 Å². The second-order valence-electron chi connectivity index (χ2n) is 6.02. The van der Waals surface area contributed by atoms with Crippen molar-refractivity contribution in [2.45, 2.75) is 24.2 Å². The molecule has 0 aliphatic rings. The molecule has 2 atom stereocenters. The van der Waals surface area contributed by atoms with Gasteiger partial charge in [0, 0.05) is 18.0 Å². The lowest BCUT2D eigenvalue weighted by molar-refractivity contribution is -0.108. The van der Waals surface area contributed by atoms with Gasteiger partial charge < -0.3 is 14.3 Å². The zero-order valence-electron chi connectivity index (χ0n) is 15.0. The normalized spacial score (nSPS) is 13.3. The maximum Gasteiger partial charge on any atom is 0.157 e. The molecule has 0 radical (unpaired) electrons. The molecule has 3 rings (SSSR count). The van der Waals surface area contributed by atoms with Crippen molar-refractivity contribution in [3.8, 4) is 11.5 Å². The Morgan fingerprint density at radius 3 is 2.35 bits per heavy atom. The number of methoxy groups -OCH3 is 2. The third kappa shape index (κ3) is 3.37. The standard InChI is InChI=1S/C20H21NO4S/c1-14(10-11-22)19-13-21(20-9-6-16(25-3)12-18(19)20)26(23)17-7-4-15(24-2)5-8-17/h4-9,11-14H,10H2,1-3H3. The van der Waals surface area contributed by atoms with Gasteiger partial charge in [-0.2, -0.15) is 0 Å². The van der Waals surface area contributed by atoms with Crippen LogP contribution in [0.5, 0.6) is 11.5 Å². The van der Waals surface area contributed by atoms with E-state index in [9.17, 15) is 9.00 Å². The van der Waals surface area contributed by atoms with Crippen LogP contribution in [0.2, 0.25) is 0 Å². The van der Waals surface area contributed by atoms with Crippen molar-refractivity contribution >= 4 is 28.2 Å². The fourth-order valence-corrected chi connectivity index (χ4v) is 4.08. The van der Waals surface area contributed by atoms with Crippen LogP contribution >= 0.6 is 0 Å². The molecule has 0 saturated carbocycles. The summed E-state index contributed by atoms with van der Waals surface area (Å²) in [6, 6.07) is 12.8. The van der Waals surface area contributed by atoms with E-state index in [0.717, 1.165) is 28.5 Å². The molecule has 6 heteroatoms. The lowest BCUT2D eigenvalue weighted by Crippen LogP contribution is -2.03. The Morgan fingerprint density at radius 1 is 1.08 bits per heavy atom. The highest BCUT2D eigenvalue weighted by molar-refractivity contribution is 7.83. The quantitative estimate of drug-likeness (QED) is 0.591. The molecular weight excluding hydrogens is 350 g/mol. The fourth-order valence-electron chi connectivity index (χ4n) is 2.94. The molecule has 3 aromatic rings. The Labute approximate surface area is 155 Å². The van der Waals surface area contributed by atoms with E-state index < -0.39 is 11.0 Å². The number of aromatic nitrogens is 1. The first-order chi connectivity index (χ1) is 12.6. The molecular formula is C20H21NO4S. The highest BCUT2D eigenvalue weighted by atomic mass is 32.2. The van der Waals surface area contributed by atoms with E-state index in [1.165, 1.54) is 0 Å². The van der Waals surface area contributed by atoms with Crippen LogP contribution in [0.15, 0.2) is 53.6 Å². The van der Waals surface area contributed by atoms with Crippen molar-refractivity contribution in [2.75, 3.05) is 14.2 Å². The van der Waals surface area contributed by atoms with E-state index in [4.69, 9.17) is 9.47 Å². The van der Waals surface area contributed by atoms with Crippen LogP contribution in [-0.4, -0.2) is 28.7 Å². The van der Waals surface area contributed by atoms with Gasteiger partial charge in [-0.15, -0.1) is 0 Å². The minimum absolute atomic E-state index is 0.0243. The molecule has 2 unspecified atom stereocenters. The Balaban J connectivity index is 2.12. The third-order valence-corrected chi connectivity index (χ3v) is 5.76. The predicted octanol–water partition coefficient (Wildman–Crippen LogP) is 3.92. The number of hydrogen-bond acceptors (Lipinski definition) is 4. The Bertz CT molecular complexity index is 946. The Kier molecular flexibility index (Phi) is 5.42. The first-order valence-corrected chi connectivity index (χ1v) is 9.38. The number of rotatable bonds is 7. The number of carbonyl (C=O) groups excluding carboxylic acids is 1. The van der Waals surface area contributed by atoms with Gasteiger partial charge in [0.2, 0.25) is 0 Å². The molecule has 5 nitrogen and oxygen atoms in total. The van der Waals surface area contributed by atoms with Gasteiger partial charge in [0.25, 0.3) is 0 Å². The molecule has 0 amide bonds. The number of ether oxygens (including phenoxy) is 2. The number of nitrogens with zero attached hydrogens (tertiary/aromatic N) is 1. The van der Waals surface area contributed by atoms with Crippen LogP contribution in [0.25, 0.3) is 10.9 Å². The van der Waals surface area contributed by atoms with Crippen molar-refractivity contribution < 1.29 is 18.5 Å². The summed E-state index contributed by atoms with van der Waals surface area (Å²) in [5.74, 6) is 1.47. The molecule has 0 N–H and O–H groups in total.